The number of ether oxygens (including phenoxy) is 1. The van der Waals surface area contributed by atoms with E-state index in [1.165, 1.54) is 11.1 Å². The predicted octanol–water partition coefficient (Wildman–Crippen LogP) is 2.83. The van der Waals surface area contributed by atoms with E-state index in [9.17, 15) is 0 Å². The van der Waals surface area contributed by atoms with Crippen molar-refractivity contribution in [1.82, 2.24) is 10.2 Å². The molecular formula is C17H28N2O. The van der Waals surface area contributed by atoms with E-state index < -0.39 is 0 Å². The van der Waals surface area contributed by atoms with E-state index in [0.29, 0.717) is 0 Å². The number of likely N-dealkylation sites (N-methyl/N-ethyl adjacent to an activating group) is 1. The Bertz CT molecular complexity index is 439. The molecule has 1 aliphatic rings. The maximum atomic E-state index is 6.10. The molecule has 2 rings (SSSR count). The molecule has 0 saturated carbocycles. The fourth-order valence-electron chi connectivity index (χ4n) is 2.82. The molecule has 1 aromatic rings. The van der Waals surface area contributed by atoms with Gasteiger partial charge in [0.05, 0.1) is 0 Å². The van der Waals surface area contributed by atoms with Crippen molar-refractivity contribution < 1.29 is 4.74 Å². The van der Waals surface area contributed by atoms with Gasteiger partial charge in [-0.3, -0.25) is 0 Å². The number of para-hydroxylation sites is 1. The summed E-state index contributed by atoms with van der Waals surface area (Å²) >= 11 is 0. The average Bonchev–Trinajstić information content (AvgIpc) is 2.73. The van der Waals surface area contributed by atoms with E-state index in [0.717, 1.165) is 44.9 Å². The van der Waals surface area contributed by atoms with Crippen LogP contribution in [0.4, 0.5) is 0 Å². The van der Waals surface area contributed by atoms with Gasteiger partial charge in [-0.25, -0.2) is 0 Å². The van der Waals surface area contributed by atoms with Crippen molar-refractivity contribution in [3.63, 3.8) is 0 Å². The third-order valence-corrected chi connectivity index (χ3v) is 3.99. The van der Waals surface area contributed by atoms with Gasteiger partial charge in [-0.15, -0.1) is 0 Å². The smallest absolute Gasteiger partial charge is 0.127 e. The molecule has 0 bridgehead atoms. The van der Waals surface area contributed by atoms with Crippen LogP contribution in [0.15, 0.2) is 18.2 Å². The van der Waals surface area contributed by atoms with Crippen LogP contribution in [0, 0.1) is 0 Å². The summed E-state index contributed by atoms with van der Waals surface area (Å²) in [6.45, 7) is 14.0. The summed E-state index contributed by atoms with van der Waals surface area (Å²) in [5.74, 6) is 1.10. The van der Waals surface area contributed by atoms with Gasteiger partial charge in [-0.1, -0.05) is 32.0 Å². The first kappa shape index (κ1) is 15.3. The molecule has 0 aliphatic carbocycles. The van der Waals surface area contributed by atoms with Gasteiger partial charge < -0.3 is 15.0 Å². The quantitative estimate of drug-likeness (QED) is 0.775. The largest absolute Gasteiger partial charge is 0.487 e. The molecule has 3 nitrogen and oxygen atoms in total. The van der Waals surface area contributed by atoms with E-state index >= 15 is 0 Å². The lowest BCUT2D eigenvalue weighted by molar-refractivity contribution is 0.137. The fraction of sp³-hybridized carbons (Fsp3) is 0.647. The average molecular weight is 276 g/mol. The Hall–Kier alpha value is -1.06. The summed E-state index contributed by atoms with van der Waals surface area (Å²) in [5.41, 5.74) is 2.57. The van der Waals surface area contributed by atoms with Gasteiger partial charge in [0.25, 0.3) is 0 Å². The molecule has 20 heavy (non-hydrogen) atoms. The predicted molar refractivity (Wildman–Crippen MR) is 84.3 cm³/mol. The number of hydrogen-bond donors (Lipinski definition) is 1. The highest BCUT2D eigenvalue weighted by Crippen LogP contribution is 2.37. The number of nitrogens with one attached hydrogen (secondary N) is 1. The van der Waals surface area contributed by atoms with Gasteiger partial charge in [0.15, 0.2) is 0 Å². The van der Waals surface area contributed by atoms with Crippen molar-refractivity contribution in [1.29, 1.82) is 0 Å². The molecule has 0 radical (unpaired) electrons. The molecule has 0 amide bonds. The Labute approximate surface area is 123 Å². The van der Waals surface area contributed by atoms with Crippen LogP contribution in [0.25, 0.3) is 0 Å². The van der Waals surface area contributed by atoms with Crippen molar-refractivity contribution in [2.45, 2.75) is 46.3 Å². The highest BCUT2D eigenvalue weighted by molar-refractivity contribution is 5.45. The van der Waals surface area contributed by atoms with Gasteiger partial charge >= 0.3 is 0 Å². The van der Waals surface area contributed by atoms with Gasteiger partial charge in [0.1, 0.15) is 11.4 Å². The van der Waals surface area contributed by atoms with Crippen molar-refractivity contribution in [2.24, 2.45) is 0 Å². The minimum atomic E-state index is -0.0559. The molecule has 0 unspecified atom stereocenters. The number of fused-ring (bicyclic) bond motifs is 1. The fourth-order valence-corrected chi connectivity index (χ4v) is 2.82. The van der Waals surface area contributed by atoms with Gasteiger partial charge in [0, 0.05) is 31.6 Å². The van der Waals surface area contributed by atoms with Crippen LogP contribution in [0.3, 0.4) is 0 Å². The monoisotopic (exact) mass is 276 g/mol. The lowest BCUT2D eigenvalue weighted by atomic mass is 10.0. The van der Waals surface area contributed by atoms with E-state index in [1.807, 2.05) is 0 Å². The highest BCUT2D eigenvalue weighted by atomic mass is 16.5. The van der Waals surface area contributed by atoms with E-state index in [2.05, 4.69) is 56.1 Å². The first-order chi connectivity index (χ1) is 9.55. The van der Waals surface area contributed by atoms with Crippen LogP contribution < -0.4 is 10.1 Å². The molecule has 0 spiro atoms. The molecule has 1 N–H and O–H groups in total. The summed E-state index contributed by atoms with van der Waals surface area (Å²) in [6.07, 6.45) is 1.01. The van der Waals surface area contributed by atoms with Crippen molar-refractivity contribution in [3.8, 4) is 5.75 Å². The minimum absolute atomic E-state index is 0.0559. The van der Waals surface area contributed by atoms with Gasteiger partial charge in [0.2, 0.25) is 0 Å². The summed E-state index contributed by atoms with van der Waals surface area (Å²) in [4.78, 5) is 2.43. The van der Waals surface area contributed by atoms with Crippen LogP contribution in [0.5, 0.6) is 5.75 Å². The molecule has 0 fully saturated rings. The molecular weight excluding hydrogens is 248 g/mol. The molecule has 0 saturated heterocycles. The van der Waals surface area contributed by atoms with E-state index in [-0.39, 0.29) is 5.60 Å². The third-order valence-electron chi connectivity index (χ3n) is 3.99. The molecule has 1 aliphatic heterocycles. The Morgan fingerprint density at radius 2 is 2.00 bits per heavy atom. The first-order valence-corrected chi connectivity index (χ1v) is 7.78. The Kier molecular flexibility index (Phi) is 5.06. The molecule has 112 valence electrons. The molecule has 1 aromatic carbocycles. The highest BCUT2D eigenvalue weighted by Gasteiger charge is 2.31. The topological polar surface area (TPSA) is 24.5 Å². The van der Waals surface area contributed by atoms with Crippen molar-refractivity contribution in [3.05, 3.63) is 29.3 Å². The van der Waals surface area contributed by atoms with Crippen molar-refractivity contribution in [2.75, 3.05) is 26.2 Å². The minimum Gasteiger partial charge on any atom is -0.487 e. The number of rotatable bonds is 7. The second-order valence-electron chi connectivity index (χ2n) is 6.15. The maximum absolute atomic E-state index is 6.10. The van der Waals surface area contributed by atoms with Crippen LogP contribution in [0.1, 0.15) is 38.8 Å². The van der Waals surface area contributed by atoms with Crippen LogP contribution in [-0.4, -0.2) is 36.7 Å². The molecule has 0 atom stereocenters. The first-order valence-electron chi connectivity index (χ1n) is 7.78. The van der Waals surface area contributed by atoms with Crippen LogP contribution >= 0.6 is 0 Å². The zero-order chi connectivity index (χ0) is 14.6. The Morgan fingerprint density at radius 1 is 1.25 bits per heavy atom. The van der Waals surface area contributed by atoms with Crippen LogP contribution in [0.2, 0.25) is 0 Å². The molecule has 3 heteroatoms. The Morgan fingerprint density at radius 3 is 2.70 bits per heavy atom. The third kappa shape index (κ3) is 3.74. The standard InChI is InChI=1S/C17H28N2O/c1-5-19(6-2)11-10-18-13-15-9-7-8-14-12-17(3,4)20-16(14)15/h7-9,18H,5-6,10-13H2,1-4H3. The summed E-state index contributed by atoms with van der Waals surface area (Å²) < 4.78 is 6.10. The Balaban J connectivity index is 1.88. The second kappa shape index (κ2) is 6.59. The zero-order valence-corrected chi connectivity index (χ0v) is 13.3. The summed E-state index contributed by atoms with van der Waals surface area (Å²) in [6, 6.07) is 6.50. The summed E-state index contributed by atoms with van der Waals surface area (Å²) in [7, 11) is 0. The van der Waals surface area contributed by atoms with Gasteiger partial charge in [-0.2, -0.15) is 0 Å². The normalized spacial score (nSPS) is 16.2. The number of nitrogens with zero attached hydrogens (tertiary/aromatic N) is 1. The van der Waals surface area contributed by atoms with Crippen molar-refractivity contribution >= 4 is 0 Å². The number of benzene rings is 1. The van der Waals surface area contributed by atoms with Gasteiger partial charge in [-0.05, 0) is 32.5 Å². The number of hydrogen-bond acceptors (Lipinski definition) is 3. The zero-order valence-electron chi connectivity index (χ0n) is 13.3. The van der Waals surface area contributed by atoms with E-state index in [4.69, 9.17) is 4.74 Å². The lowest BCUT2D eigenvalue weighted by Gasteiger charge is -2.19. The summed E-state index contributed by atoms with van der Waals surface area (Å²) in [5, 5.41) is 3.54. The molecule has 1 heterocycles. The molecule has 0 aromatic heterocycles. The second-order valence-corrected chi connectivity index (χ2v) is 6.15. The SMILES string of the molecule is CCN(CC)CCNCc1cccc2c1OC(C)(C)C2. The maximum Gasteiger partial charge on any atom is 0.127 e. The van der Waals surface area contributed by atoms with Crippen LogP contribution in [-0.2, 0) is 13.0 Å². The van der Waals surface area contributed by atoms with E-state index in [1.54, 1.807) is 0 Å². The lowest BCUT2D eigenvalue weighted by Crippen LogP contribution is -2.31.